The number of hydrogen-bond acceptors (Lipinski definition) is 3. The summed E-state index contributed by atoms with van der Waals surface area (Å²) >= 11 is 0. The van der Waals surface area contributed by atoms with Crippen molar-refractivity contribution in [2.75, 3.05) is 13.1 Å². The highest BCUT2D eigenvalue weighted by atomic mass is 16.3. The third-order valence-corrected chi connectivity index (χ3v) is 6.29. The van der Waals surface area contributed by atoms with Gasteiger partial charge in [-0.15, -0.1) is 0 Å². The number of amides is 2. The summed E-state index contributed by atoms with van der Waals surface area (Å²) in [5, 5.41) is 1.04. The largest absolute Gasteiger partial charge is 0.459 e. The second-order valence-corrected chi connectivity index (χ2v) is 8.33. The molecule has 31 heavy (non-hydrogen) atoms. The van der Waals surface area contributed by atoms with Crippen molar-refractivity contribution in [3.63, 3.8) is 0 Å². The molecule has 2 atom stereocenters. The Bertz CT molecular complexity index is 1050. The van der Waals surface area contributed by atoms with E-state index >= 15 is 0 Å². The molecule has 1 aliphatic rings. The standard InChI is InChI=1S/C26H30N2O3/c1-4-14-27(18(2)25-16-21-10-6-8-12-24(21)31-25)26(30)17-23-22-11-7-5-9-20(22)13-15-28(23)19(3)29/h5-12,16,18,23H,4,13-15,17H2,1-3H3. The van der Waals surface area contributed by atoms with Gasteiger partial charge in [0.1, 0.15) is 11.3 Å². The van der Waals surface area contributed by atoms with Crippen molar-refractivity contribution in [2.24, 2.45) is 0 Å². The van der Waals surface area contributed by atoms with Crippen LogP contribution in [0.5, 0.6) is 0 Å². The van der Waals surface area contributed by atoms with E-state index in [1.807, 2.05) is 59.2 Å². The van der Waals surface area contributed by atoms with E-state index in [-0.39, 0.29) is 30.3 Å². The van der Waals surface area contributed by atoms with Crippen LogP contribution >= 0.6 is 0 Å². The molecule has 4 rings (SSSR count). The molecule has 2 unspecified atom stereocenters. The van der Waals surface area contributed by atoms with Gasteiger partial charge in [-0.2, -0.15) is 0 Å². The molecule has 3 aromatic rings. The van der Waals surface area contributed by atoms with Gasteiger partial charge in [-0.3, -0.25) is 9.59 Å². The molecular formula is C26H30N2O3. The third kappa shape index (κ3) is 4.22. The molecule has 0 bridgehead atoms. The minimum atomic E-state index is -0.225. The van der Waals surface area contributed by atoms with E-state index in [0.29, 0.717) is 13.1 Å². The van der Waals surface area contributed by atoms with Gasteiger partial charge in [-0.1, -0.05) is 49.4 Å². The molecule has 5 heteroatoms. The maximum Gasteiger partial charge on any atom is 0.225 e. The van der Waals surface area contributed by atoms with Gasteiger partial charge >= 0.3 is 0 Å². The van der Waals surface area contributed by atoms with Gasteiger partial charge in [-0.05, 0) is 43.0 Å². The highest BCUT2D eigenvalue weighted by Crippen LogP contribution is 2.34. The first-order chi connectivity index (χ1) is 15.0. The predicted octanol–water partition coefficient (Wildman–Crippen LogP) is 5.27. The van der Waals surface area contributed by atoms with Crippen molar-refractivity contribution in [3.8, 4) is 0 Å². The number of carbonyl (C=O) groups excluding carboxylic acids is 2. The Labute approximate surface area is 183 Å². The van der Waals surface area contributed by atoms with Crippen LogP contribution in [0.1, 0.15) is 62.6 Å². The monoisotopic (exact) mass is 418 g/mol. The van der Waals surface area contributed by atoms with Crippen molar-refractivity contribution in [1.82, 2.24) is 9.80 Å². The quantitative estimate of drug-likeness (QED) is 0.548. The van der Waals surface area contributed by atoms with Crippen LogP contribution in [-0.4, -0.2) is 34.7 Å². The van der Waals surface area contributed by atoms with Gasteiger partial charge in [0.2, 0.25) is 11.8 Å². The average Bonchev–Trinajstić information content (AvgIpc) is 3.21. The van der Waals surface area contributed by atoms with Gasteiger partial charge in [0, 0.05) is 25.4 Å². The molecule has 1 aliphatic heterocycles. The van der Waals surface area contributed by atoms with Crippen LogP contribution in [0.4, 0.5) is 0 Å². The number of benzene rings is 2. The first-order valence-corrected chi connectivity index (χ1v) is 11.1. The highest BCUT2D eigenvalue weighted by Gasteiger charge is 2.33. The molecule has 2 aromatic carbocycles. The lowest BCUT2D eigenvalue weighted by Gasteiger charge is -2.38. The Morgan fingerprint density at radius 3 is 2.65 bits per heavy atom. The fourth-order valence-electron chi connectivity index (χ4n) is 4.67. The summed E-state index contributed by atoms with van der Waals surface area (Å²) in [4.78, 5) is 29.6. The average molecular weight is 419 g/mol. The molecule has 0 saturated carbocycles. The van der Waals surface area contributed by atoms with Crippen molar-refractivity contribution in [3.05, 3.63) is 71.5 Å². The first kappa shape index (κ1) is 21.2. The summed E-state index contributed by atoms with van der Waals surface area (Å²) in [5.41, 5.74) is 3.15. The first-order valence-electron chi connectivity index (χ1n) is 11.1. The lowest BCUT2D eigenvalue weighted by atomic mass is 9.90. The van der Waals surface area contributed by atoms with E-state index < -0.39 is 0 Å². The summed E-state index contributed by atoms with van der Waals surface area (Å²) in [6, 6.07) is 17.7. The maximum atomic E-state index is 13.6. The Balaban J connectivity index is 1.61. The fourth-order valence-corrected chi connectivity index (χ4v) is 4.67. The lowest BCUT2D eigenvalue weighted by Crippen LogP contribution is -2.42. The highest BCUT2D eigenvalue weighted by molar-refractivity contribution is 5.81. The molecule has 0 aliphatic carbocycles. The summed E-state index contributed by atoms with van der Waals surface area (Å²) in [7, 11) is 0. The molecule has 162 valence electrons. The Morgan fingerprint density at radius 2 is 1.90 bits per heavy atom. The number of hydrogen-bond donors (Lipinski definition) is 0. The van der Waals surface area contributed by atoms with Crippen molar-refractivity contribution in [1.29, 1.82) is 0 Å². The topological polar surface area (TPSA) is 53.8 Å². The summed E-state index contributed by atoms with van der Waals surface area (Å²) < 4.78 is 6.05. The number of carbonyl (C=O) groups is 2. The van der Waals surface area contributed by atoms with Crippen LogP contribution in [0.25, 0.3) is 11.0 Å². The normalized spacial score (nSPS) is 16.7. The van der Waals surface area contributed by atoms with E-state index in [1.165, 1.54) is 5.56 Å². The molecular weight excluding hydrogens is 388 g/mol. The summed E-state index contributed by atoms with van der Waals surface area (Å²) in [6.07, 6.45) is 1.96. The zero-order valence-corrected chi connectivity index (χ0v) is 18.5. The minimum Gasteiger partial charge on any atom is -0.459 e. The zero-order chi connectivity index (χ0) is 22.0. The molecule has 0 N–H and O–H groups in total. The number of nitrogens with zero attached hydrogens (tertiary/aromatic N) is 2. The maximum absolute atomic E-state index is 13.6. The Hall–Kier alpha value is -3.08. The molecule has 0 spiro atoms. The van der Waals surface area contributed by atoms with Crippen LogP contribution in [0, 0.1) is 0 Å². The SMILES string of the molecule is CCCN(C(=O)CC1c2ccccc2CCN1C(C)=O)C(C)c1cc2ccccc2o1. The van der Waals surface area contributed by atoms with Crippen LogP contribution in [0.2, 0.25) is 0 Å². The molecule has 1 aromatic heterocycles. The fraction of sp³-hybridized carbons (Fsp3) is 0.385. The van der Waals surface area contributed by atoms with Gasteiger partial charge in [0.15, 0.2) is 0 Å². The zero-order valence-electron chi connectivity index (χ0n) is 18.5. The lowest BCUT2D eigenvalue weighted by molar-refractivity contribution is -0.138. The second kappa shape index (κ2) is 8.96. The van der Waals surface area contributed by atoms with Crippen molar-refractivity contribution >= 4 is 22.8 Å². The smallest absolute Gasteiger partial charge is 0.225 e. The van der Waals surface area contributed by atoms with E-state index in [4.69, 9.17) is 4.42 Å². The van der Waals surface area contributed by atoms with Gasteiger partial charge in [0.25, 0.3) is 0 Å². The number of furan rings is 1. The van der Waals surface area contributed by atoms with Crippen molar-refractivity contribution < 1.29 is 14.0 Å². The molecule has 0 radical (unpaired) electrons. The number of para-hydroxylation sites is 1. The van der Waals surface area contributed by atoms with Crippen LogP contribution in [-0.2, 0) is 16.0 Å². The molecule has 2 heterocycles. The van der Waals surface area contributed by atoms with Crippen LogP contribution < -0.4 is 0 Å². The van der Waals surface area contributed by atoms with E-state index in [1.54, 1.807) is 6.92 Å². The summed E-state index contributed by atoms with van der Waals surface area (Å²) in [6.45, 7) is 6.97. The summed E-state index contributed by atoms with van der Waals surface area (Å²) in [5.74, 6) is 0.845. The van der Waals surface area contributed by atoms with Crippen molar-refractivity contribution in [2.45, 2.75) is 52.1 Å². The van der Waals surface area contributed by atoms with E-state index in [2.05, 4.69) is 19.1 Å². The molecule has 0 saturated heterocycles. The number of rotatable bonds is 6. The Morgan fingerprint density at radius 1 is 1.16 bits per heavy atom. The predicted molar refractivity (Wildman–Crippen MR) is 122 cm³/mol. The molecule has 5 nitrogen and oxygen atoms in total. The Kier molecular flexibility index (Phi) is 6.12. The minimum absolute atomic E-state index is 0.0136. The molecule has 0 fully saturated rings. The van der Waals surface area contributed by atoms with E-state index in [9.17, 15) is 9.59 Å². The van der Waals surface area contributed by atoms with Gasteiger partial charge < -0.3 is 14.2 Å². The van der Waals surface area contributed by atoms with Crippen LogP contribution in [0.15, 0.2) is 59.0 Å². The van der Waals surface area contributed by atoms with E-state index in [0.717, 1.165) is 35.1 Å². The molecule has 2 amide bonds. The van der Waals surface area contributed by atoms with Gasteiger partial charge in [-0.25, -0.2) is 0 Å². The number of fused-ring (bicyclic) bond motifs is 2. The van der Waals surface area contributed by atoms with Crippen LogP contribution in [0.3, 0.4) is 0 Å². The van der Waals surface area contributed by atoms with Gasteiger partial charge in [0.05, 0.1) is 18.5 Å². The third-order valence-electron chi connectivity index (χ3n) is 6.29. The second-order valence-electron chi connectivity index (χ2n) is 8.33.